The summed E-state index contributed by atoms with van der Waals surface area (Å²) in [7, 11) is 0. The van der Waals surface area contributed by atoms with E-state index in [4.69, 9.17) is 4.74 Å². The molecule has 0 saturated heterocycles. The highest BCUT2D eigenvalue weighted by Gasteiger charge is 2.38. The van der Waals surface area contributed by atoms with Gasteiger partial charge in [-0.05, 0) is 46.5 Å². The lowest BCUT2D eigenvalue weighted by atomic mass is 9.97. The van der Waals surface area contributed by atoms with Crippen LogP contribution in [0.25, 0.3) is 0 Å². The van der Waals surface area contributed by atoms with Gasteiger partial charge in [-0.15, -0.1) is 0 Å². The van der Waals surface area contributed by atoms with Crippen molar-refractivity contribution in [1.29, 1.82) is 0 Å². The number of carbonyl (C=O) groups is 2. The van der Waals surface area contributed by atoms with Crippen LogP contribution in [0.1, 0.15) is 53.4 Å². The van der Waals surface area contributed by atoms with Crippen LogP contribution in [0.4, 0.5) is 4.79 Å². The molecule has 19 heavy (non-hydrogen) atoms. The molecule has 0 bridgehead atoms. The van der Waals surface area contributed by atoms with E-state index in [2.05, 4.69) is 0 Å². The lowest BCUT2D eigenvalue weighted by Gasteiger charge is -2.33. The van der Waals surface area contributed by atoms with Gasteiger partial charge in [-0.2, -0.15) is 0 Å². The Morgan fingerprint density at radius 1 is 1.32 bits per heavy atom. The summed E-state index contributed by atoms with van der Waals surface area (Å²) in [5.41, 5.74) is -0.608. The van der Waals surface area contributed by atoms with E-state index in [0.717, 1.165) is 25.7 Å². The molecule has 1 aliphatic rings. The fourth-order valence-electron chi connectivity index (χ4n) is 2.62. The van der Waals surface area contributed by atoms with E-state index in [9.17, 15) is 14.7 Å². The number of rotatable bonds is 4. The highest BCUT2D eigenvalue weighted by atomic mass is 16.6. The molecule has 5 nitrogen and oxygen atoms in total. The van der Waals surface area contributed by atoms with Gasteiger partial charge < -0.3 is 9.84 Å². The van der Waals surface area contributed by atoms with Crippen molar-refractivity contribution >= 4 is 12.1 Å². The number of ether oxygens (including phenoxy) is 1. The number of likely N-dealkylation sites (N-methyl/N-ethyl adjacent to an activating group) is 1. The van der Waals surface area contributed by atoms with Gasteiger partial charge in [0.15, 0.2) is 0 Å². The van der Waals surface area contributed by atoms with Crippen LogP contribution in [0, 0.1) is 5.92 Å². The minimum absolute atomic E-state index is 0.0463. The Morgan fingerprint density at radius 3 is 2.21 bits per heavy atom. The van der Waals surface area contributed by atoms with Gasteiger partial charge in [0.05, 0.1) is 0 Å². The molecular formula is C14H25NO4. The van der Waals surface area contributed by atoms with Crippen LogP contribution in [-0.2, 0) is 9.53 Å². The normalized spacial score (nSPS) is 18.1. The van der Waals surface area contributed by atoms with Gasteiger partial charge in [-0.3, -0.25) is 4.90 Å². The van der Waals surface area contributed by atoms with Gasteiger partial charge in [0.2, 0.25) is 0 Å². The van der Waals surface area contributed by atoms with Crippen LogP contribution < -0.4 is 0 Å². The number of aliphatic carboxylic acids is 1. The van der Waals surface area contributed by atoms with Gasteiger partial charge >= 0.3 is 12.1 Å². The molecule has 0 aromatic rings. The first-order chi connectivity index (χ1) is 8.76. The third-order valence-electron chi connectivity index (χ3n) is 3.40. The molecule has 0 heterocycles. The molecule has 0 radical (unpaired) electrons. The van der Waals surface area contributed by atoms with Gasteiger partial charge in [0.1, 0.15) is 11.6 Å². The van der Waals surface area contributed by atoms with E-state index in [-0.39, 0.29) is 5.92 Å². The maximum atomic E-state index is 12.1. The predicted molar refractivity (Wildman–Crippen MR) is 72.0 cm³/mol. The fourth-order valence-corrected chi connectivity index (χ4v) is 2.62. The first-order valence-electron chi connectivity index (χ1n) is 6.98. The van der Waals surface area contributed by atoms with E-state index in [1.165, 1.54) is 4.90 Å². The summed E-state index contributed by atoms with van der Waals surface area (Å²) in [6, 6.07) is -0.762. The molecule has 1 aliphatic carbocycles. The molecule has 0 aromatic heterocycles. The Morgan fingerprint density at radius 2 is 1.84 bits per heavy atom. The van der Waals surface area contributed by atoms with Crippen molar-refractivity contribution in [2.75, 3.05) is 6.54 Å². The summed E-state index contributed by atoms with van der Waals surface area (Å²) in [5, 5.41) is 9.43. The second kappa shape index (κ2) is 6.26. The summed E-state index contributed by atoms with van der Waals surface area (Å²) in [4.78, 5) is 25.0. The number of carboxylic acid groups (broad SMARTS) is 1. The van der Waals surface area contributed by atoms with Crippen molar-refractivity contribution in [3.8, 4) is 0 Å². The summed E-state index contributed by atoms with van der Waals surface area (Å²) >= 11 is 0. The molecule has 1 rings (SSSR count). The summed E-state index contributed by atoms with van der Waals surface area (Å²) in [6.07, 6.45) is 3.29. The van der Waals surface area contributed by atoms with Crippen molar-refractivity contribution in [2.45, 2.75) is 65.0 Å². The van der Waals surface area contributed by atoms with E-state index in [1.54, 1.807) is 27.7 Å². The van der Waals surface area contributed by atoms with Crippen LogP contribution >= 0.6 is 0 Å². The lowest BCUT2D eigenvalue weighted by molar-refractivity contribution is -0.145. The van der Waals surface area contributed by atoms with Gasteiger partial charge in [0.25, 0.3) is 0 Å². The predicted octanol–water partition coefficient (Wildman–Crippen LogP) is 2.89. The van der Waals surface area contributed by atoms with Crippen LogP contribution in [0.2, 0.25) is 0 Å². The SMILES string of the molecule is CCN(C(=O)OC(C)(C)C)C(C(=O)O)C1CCCC1. The van der Waals surface area contributed by atoms with E-state index in [1.807, 2.05) is 0 Å². The number of nitrogens with zero attached hydrogens (tertiary/aromatic N) is 1. The maximum absolute atomic E-state index is 12.1. The maximum Gasteiger partial charge on any atom is 0.411 e. The number of hydrogen-bond acceptors (Lipinski definition) is 3. The van der Waals surface area contributed by atoms with Crippen molar-refractivity contribution in [3.05, 3.63) is 0 Å². The zero-order valence-electron chi connectivity index (χ0n) is 12.3. The molecule has 1 unspecified atom stereocenters. The Balaban J connectivity index is 2.84. The Kier molecular flexibility index (Phi) is 5.20. The first-order valence-corrected chi connectivity index (χ1v) is 6.98. The topological polar surface area (TPSA) is 66.8 Å². The smallest absolute Gasteiger partial charge is 0.411 e. The van der Waals surface area contributed by atoms with Crippen molar-refractivity contribution in [3.63, 3.8) is 0 Å². The fraction of sp³-hybridized carbons (Fsp3) is 0.857. The second-order valence-corrected chi connectivity index (χ2v) is 6.09. The summed E-state index contributed by atoms with van der Waals surface area (Å²) in [5.74, 6) is -0.885. The minimum Gasteiger partial charge on any atom is -0.480 e. The number of carbonyl (C=O) groups excluding carboxylic acids is 1. The van der Waals surface area contributed by atoms with Gasteiger partial charge in [0, 0.05) is 6.54 Å². The molecule has 1 N–H and O–H groups in total. The average Bonchev–Trinajstić information content (AvgIpc) is 2.75. The average molecular weight is 271 g/mol. The second-order valence-electron chi connectivity index (χ2n) is 6.09. The van der Waals surface area contributed by atoms with Crippen LogP contribution in [0.5, 0.6) is 0 Å². The van der Waals surface area contributed by atoms with E-state index in [0.29, 0.717) is 6.54 Å². The first kappa shape index (κ1) is 15.8. The molecule has 1 fully saturated rings. The van der Waals surface area contributed by atoms with Gasteiger partial charge in [-0.1, -0.05) is 12.8 Å². The highest BCUT2D eigenvalue weighted by molar-refractivity contribution is 5.80. The monoisotopic (exact) mass is 271 g/mol. The van der Waals surface area contributed by atoms with Gasteiger partial charge in [-0.25, -0.2) is 9.59 Å². The Labute approximate surface area is 114 Å². The van der Waals surface area contributed by atoms with Crippen molar-refractivity contribution in [1.82, 2.24) is 4.90 Å². The number of amides is 1. The molecular weight excluding hydrogens is 246 g/mol. The quantitative estimate of drug-likeness (QED) is 0.853. The molecule has 1 amide bonds. The number of carboxylic acids is 1. The van der Waals surface area contributed by atoms with E-state index >= 15 is 0 Å². The largest absolute Gasteiger partial charge is 0.480 e. The highest BCUT2D eigenvalue weighted by Crippen LogP contribution is 2.31. The summed E-state index contributed by atoms with van der Waals surface area (Å²) < 4.78 is 5.31. The molecule has 0 aliphatic heterocycles. The minimum atomic E-state index is -0.931. The molecule has 0 spiro atoms. The zero-order valence-corrected chi connectivity index (χ0v) is 12.3. The molecule has 110 valence electrons. The third kappa shape index (κ3) is 4.40. The molecule has 1 atom stereocenters. The van der Waals surface area contributed by atoms with E-state index < -0.39 is 23.7 Å². The molecule has 1 saturated carbocycles. The molecule has 0 aromatic carbocycles. The third-order valence-corrected chi connectivity index (χ3v) is 3.40. The van der Waals surface area contributed by atoms with Crippen molar-refractivity contribution in [2.24, 2.45) is 5.92 Å². The lowest BCUT2D eigenvalue weighted by Crippen LogP contribution is -2.50. The van der Waals surface area contributed by atoms with Crippen LogP contribution in [-0.4, -0.2) is 40.3 Å². The van der Waals surface area contributed by atoms with Crippen LogP contribution in [0.3, 0.4) is 0 Å². The van der Waals surface area contributed by atoms with Crippen LogP contribution in [0.15, 0.2) is 0 Å². The summed E-state index contributed by atoms with van der Waals surface area (Å²) in [6.45, 7) is 7.48. The standard InChI is InChI=1S/C14H25NO4/c1-5-15(13(18)19-14(2,3)4)11(12(16)17)10-8-6-7-9-10/h10-11H,5-9H2,1-4H3,(H,16,17). The Hall–Kier alpha value is -1.26. The van der Waals surface area contributed by atoms with Crippen molar-refractivity contribution < 1.29 is 19.4 Å². The molecule has 5 heteroatoms. The zero-order chi connectivity index (χ0) is 14.6. The Bertz CT molecular complexity index is 329. The number of hydrogen-bond donors (Lipinski definition) is 1.